The van der Waals surface area contributed by atoms with E-state index >= 15 is 0 Å². The van der Waals surface area contributed by atoms with Crippen LogP contribution in [0.15, 0.2) is 30.3 Å². The summed E-state index contributed by atoms with van der Waals surface area (Å²) in [4.78, 5) is 24.3. The van der Waals surface area contributed by atoms with Gasteiger partial charge in [-0.1, -0.05) is 30.3 Å². The van der Waals surface area contributed by atoms with Gasteiger partial charge in [-0.25, -0.2) is 4.79 Å². The molecule has 1 fully saturated rings. The van der Waals surface area contributed by atoms with Gasteiger partial charge in [-0.15, -0.1) is 0 Å². The molecule has 0 aliphatic carbocycles. The maximum atomic E-state index is 11.8. The zero-order valence-corrected chi connectivity index (χ0v) is 10.3. The van der Waals surface area contributed by atoms with Gasteiger partial charge in [0.15, 0.2) is 0 Å². The summed E-state index contributed by atoms with van der Waals surface area (Å²) >= 11 is 0. The number of carbonyl (C=O) groups is 2. The van der Waals surface area contributed by atoms with Crippen LogP contribution in [-0.4, -0.2) is 36.5 Å². The Morgan fingerprint density at radius 3 is 2.78 bits per heavy atom. The molecule has 1 atom stereocenters. The number of nitrogens with one attached hydrogen (secondary N) is 2. The fourth-order valence-electron chi connectivity index (χ4n) is 1.90. The largest absolute Gasteiger partial charge is 0.336 e. The average Bonchev–Trinajstić information content (AvgIpc) is 2.83. The minimum atomic E-state index is -0.297. The number of urea groups is 1. The first-order chi connectivity index (χ1) is 8.68. The van der Waals surface area contributed by atoms with Crippen LogP contribution in [0.5, 0.6) is 0 Å². The Morgan fingerprint density at radius 1 is 1.44 bits per heavy atom. The van der Waals surface area contributed by atoms with Crippen molar-refractivity contribution in [3.05, 3.63) is 35.9 Å². The normalized spacial score (nSPS) is 16.5. The summed E-state index contributed by atoms with van der Waals surface area (Å²) < 4.78 is 0. The van der Waals surface area contributed by atoms with Crippen LogP contribution in [0.25, 0.3) is 0 Å². The van der Waals surface area contributed by atoms with Crippen molar-refractivity contribution in [2.45, 2.75) is 13.0 Å². The fraction of sp³-hybridized carbons (Fsp3) is 0.385. The van der Waals surface area contributed by atoms with Gasteiger partial charge >= 0.3 is 6.03 Å². The lowest BCUT2D eigenvalue weighted by Crippen LogP contribution is -2.40. The first kappa shape index (κ1) is 12.6. The molecule has 1 saturated heterocycles. The van der Waals surface area contributed by atoms with Crippen LogP contribution in [-0.2, 0) is 4.79 Å². The Bertz CT molecular complexity index is 433. The highest BCUT2D eigenvalue weighted by atomic mass is 16.2. The topological polar surface area (TPSA) is 61.4 Å². The first-order valence-electron chi connectivity index (χ1n) is 6.05. The number of imide groups is 1. The van der Waals surface area contributed by atoms with Crippen molar-refractivity contribution in [2.75, 3.05) is 19.6 Å². The molecular formula is C13H17N3O2. The van der Waals surface area contributed by atoms with Gasteiger partial charge < -0.3 is 10.6 Å². The highest BCUT2D eigenvalue weighted by Gasteiger charge is 2.25. The smallest absolute Gasteiger partial charge is 0.324 e. The van der Waals surface area contributed by atoms with E-state index in [1.165, 1.54) is 4.90 Å². The van der Waals surface area contributed by atoms with E-state index < -0.39 is 0 Å². The minimum Gasteiger partial charge on any atom is -0.336 e. The number of hydrogen-bond donors (Lipinski definition) is 2. The van der Waals surface area contributed by atoms with Crippen molar-refractivity contribution >= 4 is 11.9 Å². The lowest BCUT2D eigenvalue weighted by molar-refractivity contribution is -0.126. The summed E-state index contributed by atoms with van der Waals surface area (Å²) in [6.45, 7) is 3.16. The second-order valence-corrected chi connectivity index (χ2v) is 4.29. The third kappa shape index (κ3) is 2.87. The van der Waals surface area contributed by atoms with E-state index in [1.807, 2.05) is 37.3 Å². The molecule has 1 aromatic rings. The van der Waals surface area contributed by atoms with Crippen LogP contribution in [0.4, 0.5) is 4.79 Å². The molecule has 5 nitrogen and oxygen atoms in total. The number of benzene rings is 1. The lowest BCUT2D eigenvalue weighted by Gasteiger charge is -2.16. The molecule has 0 unspecified atom stereocenters. The van der Waals surface area contributed by atoms with Gasteiger partial charge in [-0.05, 0) is 12.5 Å². The van der Waals surface area contributed by atoms with Gasteiger partial charge in [0.1, 0.15) is 0 Å². The van der Waals surface area contributed by atoms with Gasteiger partial charge in [0, 0.05) is 19.1 Å². The van der Waals surface area contributed by atoms with Crippen LogP contribution < -0.4 is 10.6 Å². The minimum absolute atomic E-state index is 0.0841. The number of nitrogens with zero attached hydrogens (tertiary/aromatic N) is 1. The molecular weight excluding hydrogens is 230 g/mol. The van der Waals surface area contributed by atoms with Gasteiger partial charge in [-0.3, -0.25) is 9.69 Å². The molecule has 0 spiro atoms. The SMILES string of the molecule is C[C@@H](NCC(=O)N1CCNC1=O)c1ccccc1. The summed E-state index contributed by atoms with van der Waals surface area (Å²) in [7, 11) is 0. The molecule has 18 heavy (non-hydrogen) atoms. The van der Waals surface area contributed by atoms with Gasteiger partial charge in [0.25, 0.3) is 0 Å². The number of hydrogen-bond acceptors (Lipinski definition) is 3. The van der Waals surface area contributed by atoms with Crippen molar-refractivity contribution < 1.29 is 9.59 Å². The zero-order chi connectivity index (χ0) is 13.0. The van der Waals surface area contributed by atoms with Crippen molar-refractivity contribution in [3.63, 3.8) is 0 Å². The van der Waals surface area contributed by atoms with Gasteiger partial charge in [0.2, 0.25) is 5.91 Å². The Kier molecular flexibility index (Phi) is 3.94. The molecule has 1 aliphatic heterocycles. The summed E-state index contributed by atoms with van der Waals surface area (Å²) in [5, 5.41) is 5.73. The predicted molar refractivity (Wildman–Crippen MR) is 68.0 cm³/mol. The van der Waals surface area contributed by atoms with Crippen molar-refractivity contribution in [1.82, 2.24) is 15.5 Å². The monoisotopic (exact) mass is 247 g/mol. The molecule has 0 bridgehead atoms. The third-order valence-electron chi connectivity index (χ3n) is 3.02. The highest BCUT2D eigenvalue weighted by Crippen LogP contribution is 2.10. The quantitative estimate of drug-likeness (QED) is 0.830. The van der Waals surface area contributed by atoms with Crippen LogP contribution in [0.1, 0.15) is 18.5 Å². The summed E-state index contributed by atoms with van der Waals surface area (Å²) in [6.07, 6.45) is 0. The highest BCUT2D eigenvalue weighted by molar-refractivity contribution is 5.96. The summed E-state index contributed by atoms with van der Waals surface area (Å²) in [5.41, 5.74) is 1.12. The van der Waals surface area contributed by atoms with E-state index in [0.29, 0.717) is 13.1 Å². The molecule has 3 amide bonds. The zero-order valence-electron chi connectivity index (χ0n) is 10.3. The molecule has 0 radical (unpaired) electrons. The average molecular weight is 247 g/mol. The second kappa shape index (κ2) is 5.64. The maximum absolute atomic E-state index is 11.8. The summed E-state index contributed by atoms with van der Waals surface area (Å²) in [5.74, 6) is -0.187. The van der Waals surface area contributed by atoms with Crippen LogP contribution >= 0.6 is 0 Å². The molecule has 1 heterocycles. The van der Waals surface area contributed by atoms with Crippen molar-refractivity contribution in [2.24, 2.45) is 0 Å². The number of amides is 3. The van der Waals surface area contributed by atoms with E-state index in [9.17, 15) is 9.59 Å². The Balaban J connectivity index is 1.84. The predicted octanol–water partition coefficient (Wildman–Crippen LogP) is 0.889. The molecule has 1 aliphatic rings. The molecule has 96 valence electrons. The molecule has 1 aromatic carbocycles. The standard InChI is InChI=1S/C13H17N3O2/c1-10(11-5-3-2-4-6-11)15-9-12(17)16-8-7-14-13(16)18/h2-6,10,15H,7-9H2,1H3,(H,14,18)/t10-/m1/s1. The Hall–Kier alpha value is -1.88. The Morgan fingerprint density at radius 2 is 2.17 bits per heavy atom. The van der Waals surface area contributed by atoms with E-state index in [-0.39, 0.29) is 24.5 Å². The first-order valence-corrected chi connectivity index (χ1v) is 6.05. The van der Waals surface area contributed by atoms with Crippen molar-refractivity contribution in [3.8, 4) is 0 Å². The lowest BCUT2D eigenvalue weighted by atomic mass is 10.1. The fourth-order valence-corrected chi connectivity index (χ4v) is 1.90. The van der Waals surface area contributed by atoms with E-state index in [1.54, 1.807) is 0 Å². The van der Waals surface area contributed by atoms with E-state index in [4.69, 9.17) is 0 Å². The van der Waals surface area contributed by atoms with Crippen LogP contribution in [0.2, 0.25) is 0 Å². The molecule has 2 rings (SSSR count). The Labute approximate surface area is 106 Å². The van der Waals surface area contributed by atoms with Crippen molar-refractivity contribution in [1.29, 1.82) is 0 Å². The van der Waals surface area contributed by atoms with E-state index in [0.717, 1.165) is 5.56 Å². The van der Waals surface area contributed by atoms with Crippen LogP contribution in [0, 0.1) is 0 Å². The molecule has 0 aromatic heterocycles. The van der Waals surface area contributed by atoms with Gasteiger partial charge in [-0.2, -0.15) is 0 Å². The molecule has 0 saturated carbocycles. The summed E-state index contributed by atoms with van der Waals surface area (Å²) in [6, 6.07) is 9.67. The second-order valence-electron chi connectivity index (χ2n) is 4.29. The number of rotatable bonds is 4. The van der Waals surface area contributed by atoms with E-state index in [2.05, 4.69) is 10.6 Å². The van der Waals surface area contributed by atoms with Gasteiger partial charge in [0.05, 0.1) is 6.54 Å². The molecule has 5 heteroatoms. The maximum Gasteiger partial charge on any atom is 0.324 e. The third-order valence-corrected chi connectivity index (χ3v) is 3.02. The number of carbonyl (C=O) groups excluding carboxylic acids is 2. The van der Waals surface area contributed by atoms with Crippen LogP contribution in [0.3, 0.4) is 0 Å². The molecule has 2 N–H and O–H groups in total.